The Morgan fingerprint density at radius 1 is 0.279 bits per heavy atom. The molecule has 0 amide bonds. The van der Waals surface area contributed by atoms with Crippen molar-refractivity contribution < 1.29 is 0 Å². The molecule has 3 aliphatic rings. The van der Waals surface area contributed by atoms with E-state index < -0.39 is 0 Å². The standard InChI is InChI=1S/C61H54/c1-37-11-9-13-43(27-37)45-19-25-51-49-23-17-41(33-55(49)60(5,6)57(51)35-45)29-39-15-21-47-48-22-16-40(32-54(48)59(3,4)53(47)31-39)30-42-18-24-50-52-26-20-46(44-14-10-12-38(2)28-44)36-58(52)61(7,8)56(50)34-42/h9-28,31-36H,29-30H2,1-8H3. The first-order valence-electron chi connectivity index (χ1n) is 22.2. The van der Waals surface area contributed by atoms with Crippen LogP contribution in [0, 0.1) is 13.8 Å². The molecule has 0 heterocycles. The van der Waals surface area contributed by atoms with Crippen LogP contribution in [0.25, 0.3) is 55.6 Å². The van der Waals surface area contributed by atoms with Crippen molar-refractivity contribution in [2.45, 2.75) is 84.5 Å². The van der Waals surface area contributed by atoms with E-state index in [-0.39, 0.29) is 16.2 Å². The van der Waals surface area contributed by atoms with E-state index in [1.165, 1.54) is 122 Å². The van der Waals surface area contributed by atoms with E-state index in [1.54, 1.807) is 0 Å². The Kier molecular flexibility index (Phi) is 8.28. The molecular weight excluding hydrogens is 733 g/mol. The molecule has 11 rings (SSSR count). The van der Waals surface area contributed by atoms with Crippen molar-refractivity contribution in [2.75, 3.05) is 0 Å². The van der Waals surface area contributed by atoms with Crippen LogP contribution in [-0.4, -0.2) is 0 Å². The molecule has 0 aliphatic heterocycles. The molecule has 0 spiro atoms. The third-order valence-electron chi connectivity index (χ3n) is 14.8. The molecule has 3 aliphatic carbocycles. The van der Waals surface area contributed by atoms with Crippen LogP contribution in [0.5, 0.6) is 0 Å². The highest BCUT2D eigenvalue weighted by Gasteiger charge is 2.38. The van der Waals surface area contributed by atoms with Gasteiger partial charge in [-0.2, -0.15) is 0 Å². The summed E-state index contributed by atoms with van der Waals surface area (Å²) in [5.74, 6) is 0. The lowest BCUT2D eigenvalue weighted by Crippen LogP contribution is -2.16. The highest BCUT2D eigenvalue weighted by atomic mass is 14.4. The van der Waals surface area contributed by atoms with Crippen molar-refractivity contribution >= 4 is 0 Å². The molecule has 0 unspecified atom stereocenters. The maximum absolute atomic E-state index is 2.50. The second-order valence-corrected chi connectivity index (χ2v) is 20.0. The predicted octanol–water partition coefficient (Wildman–Crippen LogP) is 15.7. The van der Waals surface area contributed by atoms with E-state index >= 15 is 0 Å². The van der Waals surface area contributed by atoms with E-state index in [1.807, 2.05) is 0 Å². The fourth-order valence-electron chi connectivity index (χ4n) is 11.3. The van der Waals surface area contributed by atoms with Crippen molar-refractivity contribution in [3.63, 3.8) is 0 Å². The summed E-state index contributed by atoms with van der Waals surface area (Å²) in [6.45, 7) is 18.8. The minimum absolute atomic E-state index is 0.0628. The number of hydrogen-bond acceptors (Lipinski definition) is 0. The number of hydrogen-bond donors (Lipinski definition) is 0. The molecule has 298 valence electrons. The zero-order valence-corrected chi connectivity index (χ0v) is 36.9. The molecule has 0 heteroatoms. The first-order valence-corrected chi connectivity index (χ1v) is 22.2. The number of benzene rings is 8. The summed E-state index contributed by atoms with van der Waals surface area (Å²) in [7, 11) is 0. The van der Waals surface area contributed by atoms with Gasteiger partial charge in [0.2, 0.25) is 0 Å². The van der Waals surface area contributed by atoms with Gasteiger partial charge < -0.3 is 0 Å². The molecule has 0 radical (unpaired) electrons. The van der Waals surface area contributed by atoms with Gasteiger partial charge in [-0.05, 0) is 150 Å². The van der Waals surface area contributed by atoms with Crippen molar-refractivity contribution in [2.24, 2.45) is 0 Å². The minimum atomic E-state index is -0.0795. The van der Waals surface area contributed by atoms with Gasteiger partial charge in [-0.3, -0.25) is 0 Å². The number of rotatable bonds is 6. The van der Waals surface area contributed by atoms with E-state index in [9.17, 15) is 0 Å². The Balaban J connectivity index is 0.838. The van der Waals surface area contributed by atoms with Crippen LogP contribution < -0.4 is 0 Å². The van der Waals surface area contributed by atoms with Gasteiger partial charge in [0.25, 0.3) is 0 Å². The maximum atomic E-state index is 2.50. The Morgan fingerprint density at radius 3 is 0.836 bits per heavy atom. The molecule has 8 aromatic carbocycles. The summed E-state index contributed by atoms with van der Waals surface area (Å²) >= 11 is 0. The Morgan fingerprint density at radius 2 is 0.541 bits per heavy atom. The first kappa shape index (κ1) is 37.7. The third-order valence-corrected chi connectivity index (χ3v) is 14.8. The topological polar surface area (TPSA) is 0 Å². The molecule has 0 saturated carbocycles. The number of fused-ring (bicyclic) bond motifs is 9. The zero-order chi connectivity index (χ0) is 42.0. The van der Waals surface area contributed by atoms with Gasteiger partial charge in [-0.15, -0.1) is 0 Å². The van der Waals surface area contributed by atoms with Gasteiger partial charge in [0.05, 0.1) is 0 Å². The fraction of sp³-hybridized carbons (Fsp3) is 0.213. The average Bonchev–Trinajstić information content (AvgIpc) is 3.72. The summed E-state index contributed by atoms with van der Waals surface area (Å²) in [5, 5.41) is 0. The lowest BCUT2D eigenvalue weighted by Gasteiger charge is -2.24. The average molecular weight is 787 g/mol. The van der Waals surface area contributed by atoms with Gasteiger partial charge in [-0.25, -0.2) is 0 Å². The predicted molar refractivity (Wildman–Crippen MR) is 258 cm³/mol. The quantitative estimate of drug-likeness (QED) is 0.157. The highest BCUT2D eigenvalue weighted by molar-refractivity contribution is 5.86. The van der Waals surface area contributed by atoms with Crippen LogP contribution >= 0.6 is 0 Å². The maximum Gasteiger partial charge on any atom is 0.0159 e. The summed E-state index contributed by atoms with van der Waals surface area (Å²) < 4.78 is 0. The van der Waals surface area contributed by atoms with Crippen molar-refractivity contribution in [3.8, 4) is 55.6 Å². The third kappa shape index (κ3) is 5.94. The molecule has 0 bridgehead atoms. The molecular formula is C61H54. The number of aryl methyl sites for hydroxylation is 2. The Bertz CT molecular complexity index is 2920. The van der Waals surface area contributed by atoms with Crippen LogP contribution in [0.1, 0.15) is 108 Å². The largest absolute Gasteiger partial charge is 0.0614 e. The van der Waals surface area contributed by atoms with Crippen molar-refractivity contribution in [1.82, 2.24) is 0 Å². The molecule has 0 atom stereocenters. The molecule has 0 N–H and O–H groups in total. The smallest absolute Gasteiger partial charge is 0.0159 e. The van der Waals surface area contributed by atoms with Crippen LogP contribution in [0.2, 0.25) is 0 Å². The Labute approximate surface area is 363 Å². The lowest BCUT2D eigenvalue weighted by molar-refractivity contribution is 0.657. The summed E-state index contributed by atoms with van der Waals surface area (Å²) in [6.07, 6.45) is 1.84. The van der Waals surface area contributed by atoms with Crippen LogP contribution in [-0.2, 0) is 29.1 Å². The van der Waals surface area contributed by atoms with E-state index in [4.69, 9.17) is 0 Å². The van der Waals surface area contributed by atoms with E-state index in [0.29, 0.717) is 0 Å². The molecule has 0 nitrogen and oxygen atoms in total. The van der Waals surface area contributed by atoms with Crippen molar-refractivity contribution in [3.05, 3.63) is 224 Å². The highest BCUT2D eigenvalue weighted by Crippen LogP contribution is 2.53. The van der Waals surface area contributed by atoms with E-state index in [0.717, 1.165) is 12.8 Å². The second-order valence-electron chi connectivity index (χ2n) is 20.0. The Hall–Kier alpha value is -6.24. The van der Waals surface area contributed by atoms with Crippen LogP contribution in [0.15, 0.2) is 158 Å². The summed E-state index contributed by atoms with van der Waals surface area (Å²) in [5.41, 5.74) is 29.9. The van der Waals surface area contributed by atoms with Gasteiger partial charge in [0, 0.05) is 16.2 Å². The lowest BCUT2D eigenvalue weighted by atomic mass is 9.80. The fourth-order valence-corrected chi connectivity index (χ4v) is 11.3. The van der Waals surface area contributed by atoms with Gasteiger partial charge in [0.1, 0.15) is 0 Å². The summed E-state index contributed by atoms with van der Waals surface area (Å²) in [4.78, 5) is 0. The van der Waals surface area contributed by atoms with Gasteiger partial charge >= 0.3 is 0 Å². The van der Waals surface area contributed by atoms with Crippen molar-refractivity contribution in [1.29, 1.82) is 0 Å². The normalized spacial score (nSPS) is 15.4. The minimum Gasteiger partial charge on any atom is -0.0614 e. The molecule has 8 aromatic rings. The van der Waals surface area contributed by atoms with Crippen LogP contribution in [0.3, 0.4) is 0 Å². The molecule has 0 aromatic heterocycles. The van der Waals surface area contributed by atoms with Gasteiger partial charge in [-0.1, -0.05) is 198 Å². The molecule has 0 fully saturated rings. The molecule has 0 saturated heterocycles. The van der Waals surface area contributed by atoms with E-state index in [2.05, 4.69) is 213 Å². The summed E-state index contributed by atoms with van der Waals surface area (Å²) in [6, 6.07) is 60.9. The molecule has 61 heavy (non-hydrogen) atoms. The zero-order valence-electron chi connectivity index (χ0n) is 36.9. The monoisotopic (exact) mass is 786 g/mol. The van der Waals surface area contributed by atoms with Crippen LogP contribution in [0.4, 0.5) is 0 Å². The first-order chi connectivity index (χ1) is 29.3. The SMILES string of the molecule is Cc1cccc(-c2ccc3c(c2)C(C)(C)c2cc(Cc4ccc5c(c4)C(C)(C)c4cc(Cc6ccc7c(c6)C(C)(C)c6cc(-c8cccc(C)c8)ccc6-7)ccc4-5)ccc2-3)c1. The van der Waals surface area contributed by atoms with Gasteiger partial charge in [0.15, 0.2) is 0 Å². The second kappa shape index (κ2) is 13.4.